The van der Waals surface area contributed by atoms with Crippen molar-refractivity contribution in [3.8, 4) is 0 Å². The van der Waals surface area contributed by atoms with E-state index in [0.29, 0.717) is 0 Å². The van der Waals surface area contributed by atoms with Crippen LogP contribution < -0.4 is 5.32 Å². The Morgan fingerprint density at radius 3 is 2.39 bits per heavy atom. The van der Waals surface area contributed by atoms with Gasteiger partial charge in [0.05, 0.1) is 18.6 Å². The van der Waals surface area contributed by atoms with Crippen LogP contribution >= 0.6 is 0 Å². The van der Waals surface area contributed by atoms with Crippen molar-refractivity contribution in [3.63, 3.8) is 0 Å². The van der Waals surface area contributed by atoms with Crippen molar-refractivity contribution in [2.45, 2.75) is 38.8 Å². The maximum Gasteiger partial charge on any atom is 0.333 e. The highest BCUT2D eigenvalue weighted by atomic mass is 16.6. The highest BCUT2D eigenvalue weighted by Gasteiger charge is 2.68. The van der Waals surface area contributed by atoms with Crippen molar-refractivity contribution in [3.05, 3.63) is 59.1 Å². The Labute approximate surface area is 179 Å². The van der Waals surface area contributed by atoms with Gasteiger partial charge in [-0.15, -0.1) is 0 Å². The first-order chi connectivity index (χ1) is 14.4. The monoisotopic (exact) mass is 431 g/mol. The van der Waals surface area contributed by atoms with Crippen molar-refractivity contribution in [1.82, 2.24) is 5.32 Å². The number of allylic oxidation sites excluding steroid dienone is 5. The Balaban J connectivity index is 2.65. The number of carbonyl (C=O) groups excluding carboxylic acids is 4. The summed E-state index contributed by atoms with van der Waals surface area (Å²) in [5.41, 5.74) is -3.83. The Kier molecular flexibility index (Phi) is 6.58. The lowest BCUT2D eigenvalue weighted by atomic mass is 9.66. The molecule has 1 aliphatic heterocycles. The van der Waals surface area contributed by atoms with Crippen LogP contribution in [-0.2, 0) is 28.7 Å². The summed E-state index contributed by atoms with van der Waals surface area (Å²) in [6.45, 7) is 5.83. The fraction of sp³-hybridized carbons (Fsp3) is 0.364. The summed E-state index contributed by atoms with van der Waals surface area (Å²) in [7, 11) is 1.14. The number of carbonyl (C=O) groups is 4. The van der Waals surface area contributed by atoms with Crippen LogP contribution in [0.4, 0.5) is 0 Å². The fourth-order valence-electron chi connectivity index (χ4n) is 3.83. The molecule has 31 heavy (non-hydrogen) atoms. The lowest BCUT2D eigenvalue weighted by molar-refractivity contribution is -0.151. The van der Waals surface area contributed by atoms with Crippen molar-refractivity contribution in [1.29, 1.82) is 0 Å². The van der Waals surface area contributed by atoms with Gasteiger partial charge in [0.25, 0.3) is 0 Å². The molecule has 0 bridgehead atoms. The average molecular weight is 431 g/mol. The molecular formula is C22H25NO8. The van der Waals surface area contributed by atoms with Crippen molar-refractivity contribution in [2.24, 2.45) is 5.92 Å². The molecule has 9 heteroatoms. The van der Waals surface area contributed by atoms with Gasteiger partial charge in [-0.25, -0.2) is 9.59 Å². The van der Waals surface area contributed by atoms with Crippen LogP contribution in [0.3, 0.4) is 0 Å². The lowest BCUT2D eigenvalue weighted by Gasteiger charge is -2.39. The zero-order chi connectivity index (χ0) is 23.6. The molecule has 0 saturated carbocycles. The predicted molar refractivity (Wildman–Crippen MR) is 110 cm³/mol. The van der Waals surface area contributed by atoms with Crippen LogP contribution in [0.25, 0.3) is 0 Å². The highest BCUT2D eigenvalue weighted by Crippen LogP contribution is 2.52. The third-order valence-corrected chi connectivity index (χ3v) is 5.34. The summed E-state index contributed by atoms with van der Waals surface area (Å²) in [5, 5.41) is 23.8. The minimum atomic E-state index is -1.84. The number of Topliss-reactive ketones (excluding diaryl/α,β-unsaturated/α-hetero) is 1. The molecule has 0 spiro atoms. The molecule has 1 fully saturated rings. The minimum absolute atomic E-state index is 0.0892. The first-order valence-corrected chi connectivity index (χ1v) is 9.43. The third kappa shape index (κ3) is 4.03. The Bertz CT molecular complexity index is 983. The summed E-state index contributed by atoms with van der Waals surface area (Å²) in [4.78, 5) is 49.5. The summed E-state index contributed by atoms with van der Waals surface area (Å²) in [6, 6.07) is 0. The third-order valence-electron chi connectivity index (χ3n) is 5.34. The number of aliphatic hydroxyl groups is 2. The van der Waals surface area contributed by atoms with E-state index in [0.717, 1.165) is 19.3 Å². The first-order valence-electron chi connectivity index (χ1n) is 9.43. The van der Waals surface area contributed by atoms with E-state index in [4.69, 9.17) is 4.74 Å². The second-order valence-electron chi connectivity index (χ2n) is 7.46. The quantitative estimate of drug-likeness (QED) is 0.259. The Morgan fingerprint density at radius 1 is 1.16 bits per heavy atom. The number of aliphatic hydroxyl groups excluding tert-OH is 2. The van der Waals surface area contributed by atoms with Gasteiger partial charge < -0.3 is 25.0 Å². The van der Waals surface area contributed by atoms with Gasteiger partial charge in [0.1, 0.15) is 17.1 Å². The van der Waals surface area contributed by atoms with Crippen molar-refractivity contribution < 1.29 is 38.9 Å². The standard InChI is InChI=1S/C22H25NO8/c1-6-7-8-9-13(24)16-17(27)12(2)19(28)22(4)18(16)21(3,20(29)31-22)23-14(25)10-11-15(26)30-5/h6-11,18,24,28H,1-5H3,(H,23,25)/b7-6+,9-8+,11-10+,16-13+/t18-,21+,22+/m1/s1. The van der Waals surface area contributed by atoms with Crippen LogP contribution in [0.2, 0.25) is 0 Å². The number of hydrogen-bond donors (Lipinski definition) is 3. The molecule has 9 nitrogen and oxygen atoms in total. The highest BCUT2D eigenvalue weighted by molar-refractivity contribution is 6.12. The molecule has 1 aliphatic carbocycles. The summed E-state index contributed by atoms with van der Waals surface area (Å²) < 4.78 is 9.86. The fourth-order valence-corrected chi connectivity index (χ4v) is 3.83. The van der Waals surface area contributed by atoms with Crippen molar-refractivity contribution in [2.75, 3.05) is 7.11 Å². The molecule has 3 atom stereocenters. The molecule has 0 radical (unpaired) electrons. The molecule has 2 aliphatic rings. The number of hydrogen-bond acceptors (Lipinski definition) is 8. The van der Waals surface area contributed by atoms with E-state index in [1.807, 2.05) is 0 Å². The Morgan fingerprint density at radius 2 is 1.81 bits per heavy atom. The maximum atomic E-state index is 13.0. The van der Waals surface area contributed by atoms with E-state index in [-0.39, 0.29) is 11.1 Å². The zero-order valence-corrected chi connectivity index (χ0v) is 17.9. The predicted octanol–water partition coefficient (Wildman–Crippen LogP) is 1.88. The molecule has 1 amide bonds. The van der Waals surface area contributed by atoms with E-state index < -0.39 is 52.2 Å². The number of amides is 1. The number of methoxy groups -OCH3 is 1. The molecule has 0 unspecified atom stereocenters. The zero-order valence-electron chi connectivity index (χ0n) is 17.9. The number of ketones is 1. The summed E-state index contributed by atoms with van der Waals surface area (Å²) in [5.74, 6) is -5.38. The maximum absolute atomic E-state index is 13.0. The molecule has 1 saturated heterocycles. The summed E-state index contributed by atoms with van der Waals surface area (Å²) >= 11 is 0. The van der Waals surface area contributed by atoms with Crippen LogP contribution in [-0.4, -0.2) is 52.1 Å². The first kappa shape index (κ1) is 23.7. The Hall–Kier alpha value is -3.62. The molecule has 0 aromatic carbocycles. The SMILES string of the molecule is C/C=C/C=C/C(O)=C1/C(=O)C(C)=C(O)[C@@]2(C)OC(=O)[C@@](C)(NC(=O)/C=C/C(=O)OC)[C@@H]12. The molecular weight excluding hydrogens is 406 g/mol. The van der Waals surface area contributed by atoms with E-state index >= 15 is 0 Å². The van der Waals surface area contributed by atoms with Crippen LogP contribution in [0.5, 0.6) is 0 Å². The largest absolute Gasteiger partial charge is 0.508 e. The number of fused-ring (bicyclic) bond motifs is 1. The van der Waals surface area contributed by atoms with Crippen LogP contribution in [0.1, 0.15) is 27.7 Å². The van der Waals surface area contributed by atoms with E-state index in [2.05, 4.69) is 10.1 Å². The van der Waals surface area contributed by atoms with Gasteiger partial charge in [0, 0.05) is 17.7 Å². The van der Waals surface area contributed by atoms with Crippen molar-refractivity contribution >= 4 is 23.6 Å². The molecule has 0 aromatic heterocycles. The average Bonchev–Trinajstić information content (AvgIpc) is 2.91. The molecule has 0 aromatic rings. The van der Waals surface area contributed by atoms with Crippen LogP contribution in [0.15, 0.2) is 59.1 Å². The van der Waals surface area contributed by atoms with E-state index in [1.54, 1.807) is 19.1 Å². The second-order valence-corrected chi connectivity index (χ2v) is 7.46. The molecule has 166 valence electrons. The normalized spacial score (nSPS) is 30.2. The summed E-state index contributed by atoms with van der Waals surface area (Å²) in [6.07, 6.45) is 7.82. The van der Waals surface area contributed by atoms with Gasteiger partial charge in [-0.3, -0.25) is 9.59 Å². The van der Waals surface area contributed by atoms with Gasteiger partial charge in [0.2, 0.25) is 5.91 Å². The van der Waals surface area contributed by atoms with E-state index in [1.165, 1.54) is 32.9 Å². The molecule has 3 N–H and O–H groups in total. The molecule has 1 heterocycles. The number of ether oxygens (including phenoxy) is 2. The van der Waals surface area contributed by atoms with E-state index in [9.17, 15) is 29.4 Å². The second kappa shape index (κ2) is 8.63. The minimum Gasteiger partial charge on any atom is -0.508 e. The van der Waals surface area contributed by atoms with Gasteiger partial charge in [-0.05, 0) is 33.8 Å². The van der Waals surface area contributed by atoms with Gasteiger partial charge in [0.15, 0.2) is 11.4 Å². The van der Waals surface area contributed by atoms with Gasteiger partial charge >= 0.3 is 11.9 Å². The van der Waals surface area contributed by atoms with Gasteiger partial charge in [-0.2, -0.15) is 0 Å². The topological polar surface area (TPSA) is 139 Å². The lowest BCUT2D eigenvalue weighted by Crippen LogP contribution is -2.58. The smallest absolute Gasteiger partial charge is 0.333 e. The number of esters is 2. The number of nitrogens with one attached hydrogen (secondary N) is 1. The number of rotatable bonds is 5. The van der Waals surface area contributed by atoms with Gasteiger partial charge in [-0.1, -0.05) is 18.2 Å². The molecule has 2 rings (SSSR count). The van der Waals surface area contributed by atoms with Crippen LogP contribution in [0, 0.1) is 5.92 Å².